The first-order valence-corrected chi connectivity index (χ1v) is 5.30. The fourth-order valence-corrected chi connectivity index (χ4v) is 2.06. The zero-order valence-corrected chi connectivity index (χ0v) is 8.32. The first kappa shape index (κ1) is 9.37. The number of nitrogens with zero attached hydrogens (tertiary/aromatic N) is 3. The number of rotatable bonds is 1. The van der Waals surface area contributed by atoms with E-state index in [0.717, 1.165) is 5.82 Å². The van der Waals surface area contributed by atoms with Crippen LogP contribution >= 0.6 is 0 Å². The summed E-state index contributed by atoms with van der Waals surface area (Å²) in [6, 6.07) is 0. The summed E-state index contributed by atoms with van der Waals surface area (Å²) in [5, 5.41) is 0. The van der Waals surface area contributed by atoms with Crippen molar-refractivity contribution in [2.75, 3.05) is 5.73 Å². The Morgan fingerprint density at radius 3 is 2.43 bits per heavy atom. The van der Waals surface area contributed by atoms with Crippen LogP contribution in [-0.4, -0.2) is 15.0 Å². The molecule has 2 N–H and O–H groups in total. The Hall–Kier alpha value is -1.19. The zero-order valence-electron chi connectivity index (χ0n) is 8.32. The molecular formula is C10H16N4. The average molecular weight is 192 g/mol. The average Bonchev–Trinajstić information content (AvgIpc) is 2.45. The van der Waals surface area contributed by atoms with Crippen molar-refractivity contribution in [3.63, 3.8) is 0 Å². The van der Waals surface area contributed by atoms with Gasteiger partial charge in [-0.15, -0.1) is 0 Å². The molecule has 0 bridgehead atoms. The molecule has 1 aliphatic carbocycles. The Balaban J connectivity index is 2.12. The van der Waals surface area contributed by atoms with Crippen LogP contribution in [0.25, 0.3) is 0 Å². The van der Waals surface area contributed by atoms with Crippen LogP contribution in [0, 0.1) is 0 Å². The summed E-state index contributed by atoms with van der Waals surface area (Å²) in [6.07, 6.45) is 9.18. The summed E-state index contributed by atoms with van der Waals surface area (Å²) in [5.74, 6) is 1.74. The lowest BCUT2D eigenvalue weighted by molar-refractivity contribution is 0.558. The summed E-state index contributed by atoms with van der Waals surface area (Å²) < 4.78 is 0. The summed E-state index contributed by atoms with van der Waals surface area (Å²) in [7, 11) is 0. The van der Waals surface area contributed by atoms with E-state index in [1.54, 1.807) is 0 Å². The molecule has 0 atom stereocenters. The van der Waals surface area contributed by atoms with Crippen LogP contribution in [0.15, 0.2) is 6.33 Å². The smallest absolute Gasteiger partial charge is 0.223 e. The van der Waals surface area contributed by atoms with E-state index in [1.165, 1.54) is 44.9 Å². The van der Waals surface area contributed by atoms with E-state index < -0.39 is 0 Å². The van der Waals surface area contributed by atoms with Gasteiger partial charge < -0.3 is 5.73 Å². The summed E-state index contributed by atoms with van der Waals surface area (Å²) in [6.45, 7) is 0. The molecule has 1 aromatic rings. The van der Waals surface area contributed by atoms with Gasteiger partial charge in [-0.3, -0.25) is 0 Å². The molecule has 0 radical (unpaired) electrons. The van der Waals surface area contributed by atoms with E-state index in [9.17, 15) is 0 Å². The van der Waals surface area contributed by atoms with Gasteiger partial charge in [-0.25, -0.2) is 9.97 Å². The molecule has 2 rings (SSSR count). The zero-order chi connectivity index (χ0) is 9.80. The summed E-state index contributed by atoms with van der Waals surface area (Å²) in [4.78, 5) is 12.2. The lowest BCUT2D eigenvalue weighted by atomic mass is 10.00. The van der Waals surface area contributed by atoms with Gasteiger partial charge >= 0.3 is 0 Å². The molecule has 1 aromatic heterocycles. The Labute approximate surface area is 84.0 Å². The lowest BCUT2D eigenvalue weighted by Crippen LogP contribution is -2.06. The SMILES string of the molecule is Nc1ncnc(C2CCCCCC2)n1. The van der Waals surface area contributed by atoms with Crippen molar-refractivity contribution in [1.82, 2.24) is 15.0 Å². The molecule has 14 heavy (non-hydrogen) atoms. The van der Waals surface area contributed by atoms with Gasteiger partial charge in [-0.05, 0) is 12.8 Å². The molecule has 0 spiro atoms. The third kappa shape index (κ3) is 2.19. The van der Waals surface area contributed by atoms with Crippen LogP contribution < -0.4 is 5.73 Å². The van der Waals surface area contributed by atoms with E-state index in [2.05, 4.69) is 15.0 Å². The highest BCUT2D eigenvalue weighted by Crippen LogP contribution is 2.29. The Morgan fingerprint density at radius 2 is 1.79 bits per heavy atom. The van der Waals surface area contributed by atoms with E-state index in [1.807, 2.05) is 0 Å². The van der Waals surface area contributed by atoms with Gasteiger partial charge in [-0.2, -0.15) is 4.98 Å². The molecule has 1 fully saturated rings. The van der Waals surface area contributed by atoms with E-state index in [-0.39, 0.29) is 0 Å². The van der Waals surface area contributed by atoms with Crippen molar-refractivity contribution in [3.05, 3.63) is 12.2 Å². The Kier molecular flexibility index (Phi) is 2.91. The van der Waals surface area contributed by atoms with Crippen molar-refractivity contribution >= 4 is 5.95 Å². The largest absolute Gasteiger partial charge is 0.368 e. The summed E-state index contributed by atoms with van der Waals surface area (Å²) in [5.41, 5.74) is 5.54. The van der Waals surface area contributed by atoms with Crippen LogP contribution in [0.1, 0.15) is 50.3 Å². The maximum atomic E-state index is 5.54. The second-order valence-corrected chi connectivity index (χ2v) is 3.89. The van der Waals surface area contributed by atoms with Gasteiger partial charge in [0.2, 0.25) is 5.95 Å². The lowest BCUT2D eigenvalue weighted by Gasteiger charge is -2.11. The predicted octanol–water partition coefficient (Wildman–Crippen LogP) is 1.89. The van der Waals surface area contributed by atoms with Gasteiger partial charge in [0.1, 0.15) is 12.2 Å². The molecule has 1 heterocycles. The van der Waals surface area contributed by atoms with E-state index in [4.69, 9.17) is 5.73 Å². The van der Waals surface area contributed by atoms with Crippen molar-refractivity contribution in [2.45, 2.75) is 44.4 Å². The Bertz CT molecular complexity index is 292. The fraction of sp³-hybridized carbons (Fsp3) is 0.700. The molecule has 4 heteroatoms. The number of hydrogen-bond acceptors (Lipinski definition) is 4. The first-order valence-electron chi connectivity index (χ1n) is 5.30. The topological polar surface area (TPSA) is 64.7 Å². The highest BCUT2D eigenvalue weighted by molar-refractivity contribution is 5.14. The molecule has 4 nitrogen and oxygen atoms in total. The second kappa shape index (κ2) is 4.35. The minimum Gasteiger partial charge on any atom is -0.368 e. The van der Waals surface area contributed by atoms with Gasteiger partial charge in [0.05, 0.1) is 0 Å². The first-order chi connectivity index (χ1) is 6.86. The summed E-state index contributed by atoms with van der Waals surface area (Å²) >= 11 is 0. The number of anilines is 1. The van der Waals surface area contributed by atoms with Crippen LogP contribution in [0.5, 0.6) is 0 Å². The van der Waals surface area contributed by atoms with Gasteiger partial charge in [0.25, 0.3) is 0 Å². The molecule has 0 aromatic carbocycles. The van der Waals surface area contributed by atoms with Crippen molar-refractivity contribution in [2.24, 2.45) is 0 Å². The highest BCUT2D eigenvalue weighted by Gasteiger charge is 2.16. The van der Waals surface area contributed by atoms with Crippen molar-refractivity contribution in [1.29, 1.82) is 0 Å². The van der Waals surface area contributed by atoms with E-state index >= 15 is 0 Å². The molecule has 0 saturated heterocycles. The van der Waals surface area contributed by atoms with Gasteiger partial charge in [0.15, 0.2) is 0 Å². The minimum atomic E-state index is 0.347. The molecule has 76 valence electrons. The van der Waals surface area contributed by atoms with Crippen molar-refractivity contribution < 1.29 is 0 Å². The van der Waals surface area contributed by atoms with Crippen LogP contribution in [-0.2, 0) is 0 Å². The quantitative estimate of drug-likeness (QED) is 0.690. The molecule has 0 amide bonds. The maximum absolute atomic E-state index is 5.54. The van der Waals surface area contributed by atoms with E-state index in [0.29, 0.717) is 11.9 Å². The normalized spacial score (nSPS) is 19.1. The molecule has 0 aliphatic heterocycles. The third-order valence-corrected chi connectivity index (χ3v) is 2.83. The Morgan fingerprint density at radius 1 is 1.07 bits per heavy atom. The number of nitrogen functional groups attached to an aromatic ring is 1. The van der Waals surface area contributed by atoms with Crippen LogP contribution in [0.2, 0.25) is 0 Å². The maximum Gasteiger partial charge on any atom is 0.223 e. The van der Waals surface area contributed by atoms with Crippen LogP contribution in [0.4, 0.5) is 5.95 Å². The third-order valence-electron chi connectivity index (χ3n) is 2.83. The second-order valence-electron chi connectivity index (χ2n) is 3.89. The molecule has 1 aliphatic rings. The van der Waals surface area contributed by atoms with Gasteiger partial charge in [-0.1, -0.05) is 25.7 Å². The molecule has 0 unspecified atom stereocenters. The standard InChI is InChI=1S/C10H16N4/c11-10-13-7-12-9(14-10)8-5-3-1-2-4-6-8/h7-8H,1-6H2,(H2,11,12,13,14). The van der Waals surface area contributed by atoms with Crippen molar-refractivity contribution in [3.8, 4) is 0 Å². The number of aromatic nitrogens is 3. The highest BCUT2D eigenvalue weighted by atomic mass is 15.1. The molecular weight excluding hydrogens is 176 g/mol. The fourth-order valence-electron chi connectivity index (χ4n) is 2.06. The monoisotopic (exact) mass is 192 g/mol. The minimum absolute atomic E-state index is 0.347. The number of nitrogens with two attached hydrogens (primary N) is 1. The predicted molar refractivity (Wildman–Crippen MR) is 54.7 cm³/mol. The molecule has 1 saturated carbocycles. The van der Waals surface area contributed by atoms with Crippen LogP contribution in [0.3, 0.4) is 0 Å². The number of hydrogen-bond donors (Lipinski definition) is 1. The van der Waals surface area contributed by atoms with Gasteiger partial charge in [0, 0.05) is 5.92 Å².